The summed E-state index contributed by atoms with van der Waals surface area (Å²) in [4.78, 5) is 28.4. The van der Waals surface area contributed by atoms with Gasteiger partial charge in [0, 0.05) is 24.4 Å². The molecule has 0 bridgehead atoms. The van der Waals surface area contributed by atoms with Gasteiger partial charge in [0.25, 0.3) is 5.91 Å². The number of carbonyl (C=O) groups excluding carboxylic acids is 2. The number of rotatable bonds is 7. The van der Waals surface area contributed by atoms with Crippen LogP contribution in [0.4, 0.5) is 0 Å². The lowest BCUT2D eigenvalue weighted by Crippen LogP contribution is -2.36. The van der Waals surface area contributed by atoms with E-state index in [1.165, 1.54) is 19.3 Å². The van der Waals surface area contributed by atoms with Crippen molar-refractivity contribution >= 4 is 11.8 Å². The number of carbonyl (C=O) groups is 2. The summed E-state index contributed by atoms with van der Waals surface area (Å²) in [6.07, 6.45) is 7.38. The maximum atomic E-state index is 12.3. The molecule has 3 rings (SSSR count). The van der Waals surface area contributed by atoms with Crippen molar-refractivity contribution in [3.8, 4) is 5.88 Å². The van der Waals surface area contributed by atoms with Gasteiger partial charge < -0.3 is 15.4 Å². The van der Waals surface area contributed by atoms with E-state index in [0.717, 1.165) is 18.4 Å². The maximum Gasteiger partial charge on any atom is 0.251 e. The SMILES string of the molecule is O=C(CNC(=O)c1ccnc(OC2CCCCC2)c1)NCc1ccccc1. The lowest BCUT2D eigenvalue weighted by atomic mass is 9.98. The molecule has 1 fully saturated rings. The highest BCUT2D eigenvalue weighted by Crippen LogP contribution is 2.22. The Balaban J connectivity index is 1.46. The second kappa shape index (κ2) is 9.71. The van der Waals surface area contributed by atoms with Gasteiger partial charge in [0.1, 0.15) is 6.10 Å². The Hall–Kier alpha value is -2.89. The van der Waals surface area contributed by atoms with Crippen LogP contribution < -0.4 is 15.4 Å². The Morgan fingerprint density at radius 1 is 1.04 bits per heavy atom. The van der Waals surface area contributed by atoms with Gasteiger partial charge in [-0.3, -0.25) is 9.59 Å². The fourth-order valence-corrected chi connectivity index (χ4v) is 3.09. The molecule has 27 heavy (non-hydrogen) atoms. The fraction of sp³-hybridized carbons (Fsp3) is 0.381. The normalized spacial score (nSPS) is 14.4. The van der Waals surface area contributed by atoms with Crippen LogP contribution in [0, 0.1) is 0 Å². The highest BCUT2D eigenvalue weighted by atomic mass is 16.5. The Kier molecular flexibility index (Phi) is 6.79. The van der Waals surface area contributed by atoms with E-state index in [1.54, 1.807) is 18.3 Å². The van der Waals surface area contributed by atoms with Crippen LogP contribution in [-0.4, -0.2) is 29.4 Å². The predicted molar refractivity (Wildman–Crippen MR) is 102 cm³/mol. The third-order valence-corrected chi connectivity index (χ3v) is 4.58. The van der Waals surface area contributed by atoms with E-state index in [2.05, 4.69) is 15.6 Å². The summed E-state index contributed by atoms with van der Waals surface area (Å²) in [5.41, 5.74) is 1.45. The first-order valence-electron chi connectivity index (χ1n) is 9.42. The van der Waals surface area contributed by atoms with Crippen molar-refractivity contribution in [3.63, 3.8) is 0 Å². The topological polar surface area (TPSA) is 80.3 Å². The number of hydrogen-bond donors (Lipinski definition) is 2. The monoisotopic (exact) mass is 367 g/mol. The van der Waals surface area contributed by atoms with Gasteiger partial charge in [0.05, 0.1) is 6.54 Å². The number of aromatic nitrogens is 1. The summed E-state index contributed by atoms with van der Waals surface area (Å²) in [5, 5.41) is 5.41. The zero-order valence-electron chi connectivity index (χ0n) is 15.3. The summed E-state index contributed by atoms with van der Waals surface area (Å²) in [6, 6.07) is 12.9. The zero-order valence-corrected chi connectivity index (χ0v) is 15.3. The molecule has 0 saturated heterocycles. The molecule has 1 aromatic carbocycles. The molecule has 2 N–H and O–H groups in total. The zero-order chi connectivity index (χ0) is 18.9. The largest absolute Gasteiger partial charge is 0.474 e. The van der Waals surface area contributed by atoms with E-state index < -0.39 is 0 Å². The van der Waals surface area contributed by atoms with E-state index in [1.807, 2.05) is 30.3 Å². The molecule has 1 saturated carbocycles. The minimum Gasteiger partial charge on any atom is -0.474 e. The van der Waals surface area contributed by atoms with Crippen LogP contribution in [-0.2, 0) is 11.3 Å². The number of benzene rings is 1. The lowest BCUT2D eigenvalue weighted by molar-refractivity contribution is -0.120. The van der Waals surface area contributed by atoms with Crippen LogP contribution in [0.1, 0.15) is 48.0 Å². The quantitative estimate of drug-likeness (QED) is 0.789. The summed E-state index contributed by atoms with van der Waals surface area (Å²) >= 11 is 0. The molecule has 6 nitrogen and oxygen atoms in total. The van der Waals surface area contributed by atoms with Crippen molar-refractivity contribution < 1.29 is 14.3 Å². The fourth-order valence-electron chi connectivity index (χ4n) is 3.09. The molecule has 6 heteroatoms. The van der Waals surface area contributed by atoms with Crippen LogP contribution >= 0.6 is 0 Å². The second-order valence-corrected chi connectivity index (χ2v) is 6.71. The van der Waals surface area contributed by atoms with Gasteiger partial charge in [0.2, 0.25) is 11.8 Å². The Morgan fingerprint density at radius 3 is 2.59 bits per heavy atom. The first-order chi connectivity index (χ1) is 13.2. The summed E-state index contributed by atoms with van der Waals surface area (Å²) in [6.45, 7) is 0.358. The molecule has 0 unspecified atom stereocenters. The van der Waals surface area contributed by atoms with Gasteiger partial charge in [-0.15, -0.1) is 0 Å². The van der Waals surface area contributed by atoms with Crippen molar-refractivity contribution in [3.05, 3.63) is 59.8 Å². The molecule has 1 aliphatic carbocycles. The van der Waals surface area contributed by atoms with Crippen molar-refractivity contribution in [2.45, 2.75) is 44.8 Å². The van der Waals surface area contributed by atoms with Crippen molar-refractivity contribution in [1.29, 1.82) is 0 Å². The van der Waals surface area contributed by atoms with Crippen molar-refractivity contribution in [2.24, 2.45) is 0 Å². The van der Waals surface area contributed by atoms with Crippen molar-refractivity contribution in [1.82, 2.24) is 15.6 Å². The van der Waals surface area contributed by atoms with E-state index in [0.29, 0.717) is 18.0 Å². The van der Waals surface area contributed by atoms with Crippen LogP contribution in [0.2, 0.25) is 0 Å². The third-order valence-electron chi connectivity index (χ3n) is 4.58. The van der Waals surface area contributed by atoms with Gasteiger partial charge in [-0.1, -0.05) is 36.8 Å². The Bertz CT molecular complexity index is 758. The molecule has 1 aromatic heterocycles. The van der Waals surface area contributed by atoms with Gasteiger partial charge >= 0.3 is 0 Å². The molecule has 0 radical (unpaired) electrons. The molecule has 1 aliphatic rings. The van der Waals surface area contributed by atoms with Crippen LogP contribution in [0.5, 0.6) is 5.88 Å². The predicted octanol–water partition coefficient (Wildman–Crippen LogP) is 2.84. The number of nitrogens with one attached hydrogen (secondary N) is 2. The molecule has 0 atom stereocenters. The molecule has 2 aromatic rings. The van der Waals surface area contributed by atoms with Gasteiger partial charge in [0.15, 0.2) is 0 Å². The standard InChI is InChI=1S/C21H25N3O3/c25-19(23-14-16-7-3-1-4-8-16)15-24-21(26)17-11-12-22-20(13-17)27-18-9-5-2-6-10-18/h1,3-4,7-8,11-13,18H,2,5-6,9-10,14-15H2,(H,23,25)(H,24,26). The number of pyridine rings is 1. The third kappa shape index (κ3) is 6.09. The summed E-state index contributed by atoms with van der Waals surface area (Å²) < 4.78 is 5.89. The molecule has 142 valence electrons. The molecule has 2 amide bonds. The molecular formula is C21H25N3O3. The molecule has 1 heterocycles. The Morgan fingerprint density at radius 2 is 1.81 bits per heavy atom. The minimum atomic E-state index is -0.319. The van der Waals surface area contributed by atoms with E-state index in [4.69, 9.17) is 4.74 Å². The number of amides is 2. The van der Waals surface area contributed by atoms with Crippen LogP contribution in [0.3, 0.4) is 0 Å². The molecule has 0 aliphatic heterocycles. The highest BCUT2D eigenvalue weighted by molar-refractivity contribution is 5.96. The second-order valence-electron chi connectivity index (χ2n) is 6.71. The number of ether oxygens (including phenoxy) is 1. The van der Waals surface area contributed by atoms with E-state index in [9.17, 15) is 9.59 Å². The van der Waals surface area contributed by atoms with Crippen LogP contribution in [0.15, 0.2) is 48.7 Å². The van der Waals surface area contributed by atoms with Gasteiger partial charge in [-0.25, -0.2) is 4.98 Å². The lowest BCUT2D eigenvalue weighted by Gasteiger charge is -2.22. The van der Waals surface area contributed by atoms with Crippen LogP contribution in [0.25, 0.3) is 0 Å². The molecular weight excluding hydrogens is 342 g/mol. The highest BCUT2D eigenvalue weighted by Gasteiger charge is 2.16. The smallest absolute Gasteiger partial charge is 0.251 e. The average Bonchev–Trinajstić information content (AvgIpc) is 2.72. The number of nitrogens with zero attached hydrogens (tertiary/aromatic N) is 1. The maximum absolute atomic E-state index is 12.3. The first-order valence-corrected chi connectivity index (χ1v) is 9.42. The molecule has 0 spiro atoms. The summed E-state index contributed by atoms with van der Waals surface area (Å²) in [5.74, 6) is -0.0937. The van der Waals surface area contributed by atoms with Gasteiger partial charge in [-0.05, 0) is 37.3 Å². The van der Waals surface area contributed by atoms with E-state index in [-0.39, 0.29) is 24.5 Å². The van der Waals surface area contributed by atoms with E-state index >= 15 is 0 Å². The van der Waals surface area contributed by atoms with Crippen molar-refractivity contribution in [2.75, 3.05) is 6.54 Å². The Labute approximate surface area is 159 Å². The number of hydrogen-bond acceptors (Lipinski definition) is 4. The minimum absolute atomic E-state index is 0.0766. The average molecular weight is 367 g/mol. The van der Waals surface area contributed by atoms with Gasteiger partial charge in [-0.2, -0.15) is 0 Å². The summed E-state index contributed by atoms with van der Waals surface area (Å²) in [7, 11) is 0. The first kappa shape index (κ1) is 18.9.